The highest BCUT2D eigenvalue weighted by Gasteiger charge is 2.21. The predicted octanol–water partition coefficient (Wildman–Crippen LogP) is 4.77. The van der Waals surface area contributed by atoms with Crippen LogP contribution in [0.2, 0.25) is 10.0 Å². The molecular weight excluding hydrogens is 361 g/mol. The summed E-state index contributed by atoms with van der Waals surface area (Å²) in [5, 5.41) is 13.5. The van der Waals surface area contributed by atoms with Crippen molar-refractivity contribution in [3.05, 3.63) is 63.6 Å². The van der Waals surface area contributed by atoms with E-state index in [1.807, 2.05) is 44.2 Å². The molecule has 0 aromatic heterocycles. The first-order valence-electron chi connectivity index (χ1n) is 7.99. The molecule has 0 aliphatic carbocycles. The van der Waals surface area contributed by atoms with E-state index in [9.17, 15) is 9.90 Å². The zero-order valence-corrected chi connectivity index (χ0v) is 15.6. The van der Waals surface area contributed by atoms with Gasteiger partial charge in [-0.3, -0.25) is 10.1 Å². The quantitative estimate of drug-likeness (QED) is 0.691. The Balaban J connectivity index is 2.06. The Morgan fingerprint density at radius 3 is 2.52 bits per heavy atom. The molecule has 2 aromatic carbocycles. The number of rotatable bonds is 8. The van der Waals surface area contributed by atoms with E-state index in [1.165, 1.54) is 0 Å². The topological polar surface area (TPSA) is 58.6 Å². The summed E-state index contributed by atoms with van der Waals surface area (Å²) in [6, 6.07) is 12.2. The van der Waals surface area contributed by atoms with Crippen LogP contribution in [-0.2, 0) is 17.9 Å². The third-order valence-corrected chi connectivity index (χ3v) is 4.40. The maximum Gasteiger partial charge on any atom is 0.320 e. The van der Waals surface area contributed by atoms with Crippen molar-refractivity contribution in [3.8, 4) is 5.75 Å². The summed E-state index contributed by atoms with van der Waals surface area (Å²) in [6.45, 7) is 4.45. The van der Waals surface area contributed by atoms with E-state index < -0.39 is 12.0 Å². The fourth-order valence-corrected chi connectivity index (χ4v) is 2.88. The minimum atomic E-state index is -0.860. The van der Waals surface area contributed by atoms with E-state index in [1.54, 1.807) is 12.1 Å². The minimum absolute atomic E-state index is 0.0153. The standard InChI is InChI=1S/C19H21Cl2NO3/c1-12(2)18(19(23)24)22-10-13-5-3-4-6-17(13)25-11-14-7-8-15(20)9-16(14)21/h3-9,12,18,22H,10-11H2,1-2H3,(H,23,24). The molecule has 0 amide bonds. The molecule has 6 heteroatoms. The number of carboxylic acids is 1. The lowest BCUT2D eigenvalue weighted by Gasteiger charge is -2.19. The van der Waals surface area contributed by atoms with Gasteiger partial charge in [0.25, 0.3) is 0 Å². The monoisotopic (exact) mass is 381 g/mol. The van der Waals surface area contributed by atoms with Gasteiger partial charge in [0, 0.05) is 27.7 Å². The zero-order valence-electron chi connectivity index (χ0n) is 14.1. The largest absolute Gasteiger partial charge is 0.489 e. The lowest BCUT2D eigenvalue weighted by Crippen LogP contribution is -2.40. The molecule has 0 bridgehead atoms. The molecule has 2 N–H and O–H groups in total. The van der Waals surface area contributed by atoms with E-state index in [4.69, 9.17) is 27.9 Å². The number of hydrogen-bond donors (Lipinski definition) is 2. The number of ether oxygens (including phenoxy) is 1. The van der Waals surface area contributed by atoms with Crippen LogP contribution in [0.25, 0.3) is 0 Å². The van der Waals surface area contributed by atoms with E-state index in [2.05, 4.69) is 5.32 Å². The smallest absolute Gasteiger partial charge is 0.320 e. The molecule has 0 saturated carbocycles. The van der Waals surface area contributed by atoms with Crippen LogP contribution in [0.5, 0.6) is 5.75 Å². The Hall–Kier alpha value is -1.75. The fraction of sp³-hybridized carbons (Fsp3) is 0.316. The van der Waals surface area contributed by atoms with E-state index in [-0.39, 0.29) is 5.92 Å². The number of carboxylic acid groups (broad SMARTS) is 1. The number of benzene rings is 2. The number of halogens is 2. The lowest BCUT2D eigenvalue weighted by molar-refractivity contribution is -0.140. The SMILES string of the molecule is CC(C)C(NCc1ccccc1OCc1ccc(Cl)cc1Cl)C(=O)O. The highest BCUT2D eigenvalue weighted by molar-refractivity contribution is 6.35. The molecular formula is C19H21Cl2NO3. The molecule has 2 rings (SSSR count). The first-order valence-corrected chi connectivity index (χ1v) is 8.75. The number of nitrogens with one attached hydrogen (secondary N) is 1. The summed E-state index contributed by atoms with van der Waals surface area (Å²) in [4.78, 5) is 11.3. The van der Waals surface area contributed by atoms with Gasteiger partial charge in [-0.25, -0.2) is 0 Å². The minimum Gasteiger partial charge on any atom is -0.489 e. The maximum atomic E-state index is 11.3. The van der Waals surface area contributed by atoms with Crippen molar-refractivity contribution in [2.24, 2.45) is 5.92 Å². The zero-order chi connectivity index (χ0) is 18.4. The van der Waals surface area contributed by atoms with Gasteiger partial charge in [-0.1, -0.05) is 61.3 Å². The molecule has 0 aliphatic rings. The summed E-state index contributed by atoms with van der Waals surface area (Å²) in [6.07, 6.45) is 0. The van der Waals surface area contributed by atoms with Crippen LogP contribution in [0, 0.1) is 5.92 Å². The van der Waals surface area contributed by atoms with Gasteiger partial charge in [0.1, 0.15) is 18.4 Å². The van der Waals surface area contributed by atoms with Gasteiger partial charge in [0.15, 0.2) is 0 Å². The van der Waals surface area contributed by atoms with Gasteiger partial charge in [-0.05, 0) is 24.1 Å². The van der Waals surface area contributed by atoms with Crippen LogP contribution < -0.4 is 10.1 Å². The molecule has 0 heterocycles. The van der Waals surface area contributed by atoms with Crippen LogP contribution in [0.1, 0.15) is 25.0 Å². The molecule has 0 aliphatic heterocycles. The molecule has 0 saturated heterocycles. The third kappa shape index (κ3) is 5.63. The predicted molar refractivity (Wildman–Crippen MR) is 100 cm³/mol. The van der Waals surface area contributed by atoms with Crippen LogP contribution in [0.15, 0.2) is 42.5 Å². The Morgan fingerprint density at radius 2 is 1.88 bits per heavy atom. The van der Waals surface area contributed by atoms with Gasteiger partial charge in [0.05, 0.1) is 0 Å². The maximum absolute atomic E-state index is 11.3. The van der Waals surface area contributed by atoms with Crippen molar-refractivity contribution >= 4 is 29.2 Å². The summed E-state index contributed by atoms with van der Waals surface area (Å²) < 4.78 is 5.88. The fourth-order valence-electron chi connectivity index (χ4n) is 2.41. The molecule has 134 valence electrons. The number of aliphatic carboxylic acids is 1. The van der Waals surface area contributed by atoms with Crippen molar-refractivity contribution in [2.75, 3.05) is 0 Å². The number of hydrogen-bond acceptors (Lipinski definition) is 3. The van der Waals surface area contributed by atoms with Crippen LogP contribution in [-0.4, -0.2) is 17.1 Å². The molecule has 25 heavy (non-hydrogen) atoms. The van der Waals surface area contributed by atoms with Gasteiger partial charge >= 0.3 is 5.97 Å². The molecule has 0 spiro atoms. The average Bonchev–Trinajstić information content (AvgIpc) is 2.54. The van der Waals surface area contributed by atoms with Crippen LogP contribution in [0.4, 0.5) is 0 Å². The third-order valence-electron chi connectivity index (χ3n) is 3.82. The van der Waals surface area contributed by atoms with E-state index >= 15 is 0 Å². The molecule has 1 unspecified atom stereocenters. The average molecular weight is 382 g/mol. The number of para-hydroxylation sites is 1. The lowest BCUT2D eigenvalue weighted by atomic mass is 10.0. The number of carbonyl (C=O) groups is 1. The summed E-state index contributed by atoms with van der Waals surface area (Å²) in [5.41, 5.74) is 1.72. The van der Waals surface area contributed by atoms with Crippen molar-refractivity contribution in [1.29, 1.82) is 0 Å². The molecule has 2 aromatic rings. The van der Waals surface area contributed by atoms with Crippen molar-refractivity contribution in [3.63, 3.8) is 0 Å². The van der Waals surface area contributed by atoms with Crippen molar-refractivity contribution in [1.82, 2.24) is 5.32 Å². The first kappa shape index (κ1) is 19.6. The van der Waals surface area contributed by atoms with Crippen molar-refractivity contribution in [2.45, 2.75) is 33.0 Å². The Kier molecular flexibility index (Phi) is 7.12. The van der Waals surface area contributed by atoms with E-state index in [0.717, 1.165) is 11.1 Å². The summed E-state index contributed by atoms with van der Waals surface area (Å²) in [5.74, 6) is -0.186. The van der Waals surface area contributed by atoms with E-state index in [0.29, 0.717) is 28.9 Å². The highest BCUT2D eigenvalue weighted by Crippen LogP contribution is 2.24. The van der Waals surface area contributed by atoms with Gasteiger partial charge < -0.3 is 9.84 Å². The van der Waals surface area contributed by atoms with Crippen molar-refractivity contribution < 1.29 is 14.6 Å². The molecule has 4 nitrogen and oxygen atoms in total. The molecule has 1 atom stereocenters. The van der Waals surface area contributed by atoms with Gasteiger partial charge in [-0.2, -0.15) is 0 Å². The van der Waals surface area contributed by atoms with Crippen LogP contribution >= 0.6 is 23.2 Å². The second kappa shape index (κ2) is 9.09. The van der Waals surface area contributed by atoms with Gasteiger partial charge in [-0.15, -0.1) is 0 Å². The second-order valence-electron chi connectivity index (χ2n) is 6.07. The first-order chi connectivity index (χ1) is 11.9. The Morgan fingerprint density at radius 1 is 1.16 bits per heavy atom. The van der Waals surface area contributed by atoms with Crippen LogP contribution in [0.3, 0.4) is 0 Å². The van der Waals surface area contributed by atoms with Gasteiger partial charge in [0.2, 0.25) is 0 Å². The molecule has 0 fully saturated rings. The Bertz CT molecular complexity index is 734. The Labute approximate surface area is 157 Å². The summed E-state index contributed by atoms with van der Waals surface area (Å²) in [7, 11) is 0. The molecule has 0 radical (unpaired) electrons. The highest BCUT2D eigenvalue weighted by atomic mass is 35.5. The second-order valence-corrected chi connectivity index (χ2v) is 6.92. The summed E-state index contributed by atoms with van der Waals surface area (Å²) >= 11 is 12.1. The normalized spacial score (nSPS) is 12.2.